The number of ether oxygens (including phenoxy) is 1. The van der Waals surface area contributed by atoms with E-state index < -0.39 is 33.1 Å². The molecule has 20 heavy (non-hydrogen) atoms. The summed E-state index contributed by atoms with van der Waals surface area (Å²) < 4.78 is 27.9. The first-order valence-electron chi connectivity index (χ1n) is 5.59. The zero-order chi connectivity index (χ0) is 15.3. The van der Waals surface area contributed by atoms with Gasteiger partial charge in [0.25, 0.3) is 0 Å². The van der Waals surface area contributed by atoms with Crippen molar-refractivity contribution < 1.29 is 22.7 Å². The van der Waals surface area contributed by atoms with Crippen molar-refractivity contribution in [3.05, 3.63) is 33.8 Å². The lowest BCUT2D eigenvalue weighted by Gasteiger charge is -2.05. The van der Waals surface area contributed by atoms with Gasteiger partial charge in [-0.3, -0.25) is 9.59 Å². The van der Waals surface area contributed by atoms with Gasteiger partial charge in [-0.1, -0.05) is 23.2 Å². The van der Waals surface area contributed by atoms with E-state index in [2.05, 4.69) is 4.74 Å². The molecule has 5 nitrogen and oxygen atoms in total. The van der Waals surface area contributed by atoms with E-state index in [1.165, 1.54) is 18.2 Å². The Morgan fingerprint density at radius 1 is 1.15 bits per heavy atom. The summed E-state index contributed by atoms with van der Waals surface area (Å²) >= 11 is 11.4. The summed E-state index contributed by atoms with van der Waals surface area (Å²) in [7, 11) is -3.87. The maximum Gasteiger partial charge on any atom is 0.321 e. The van der Waals surface area contributed by atoms with Crippen LogP contribution in [0.1, 0.15) is 17.3 Å². The number of carbonyl (C=O) groups excluding carboxylic acids is 2. The van der Waals surface area contributed by atoms with E-state index in [0.29, 0.717) is 0 Å². The van der Waals surface area contributed by atoms with Crippen LogP contribution in [0.25, 0.3) is 0 Å². The van der Waals surface area contributed by atoms with Crippen LogP contribution in [0.4, 0.5) is 0 Å². The molecule has 0 atom stereocenters. The molecule has 0 saturated carbocycles. The van der Waals surface area contributed by atoms with Crippen LogP contribution in [-0.4, -0.2) is 38.3 Å². The molecule has 0 saturated heterocycles. The molecule has 1 aromatic rings. The number of rotatable bonds is 6. The molecule has 0 N–H and O–H groups in total. The van der Waals surface area contributed by atoms with Gasteiger partial charge < -0.3 is 4.74 Å². The Bertz CT molecular complexity index is 625. The molecule has 0 heterocycles. The molecule has 1 rings (SSSR count). The Morgan fingerprint density at radius 3 is 2.35 bits per heavy atom. The Labute approximate surface area is 126 Å². The van der Waals surface area contributed by atoms with Crippen molar-refractivity contribution in [2.24, 2.45) is 0 Å². The number of halogens is 2. The predicted octanol–water partition coefficient (Wildman–Crippen LogP) is 2.15. The largest absolute Gasteiger partial charge is 0.465 e. The van der Waals surface area contributed by atoms with Crippen LogP contribution in [-0.2, 0) is 19.4 Å². The van der Waals surface area contributed by atoms with Crippen LogP contribution in [0.2, 0.25) is 10.0 Å². The van der Waals surface area contributed by atoms with Gasteiger partial charge in [0.1, 0.15) is 11.5 Å². The zero-order valence-corrected chi connectivity index (χ0v) is 12.9. The number of ketones is 1. The van der Waals surface area contributed by atoms with Gasteiger partial charge in [-0.05, 0) is 25.1 Å². The molecule has 0 aromatic heterocycles. The zero-order valence-electron chi connectivity index (χ0n) is 10.6. The number of carbonyl (C=O) groups is 2. The Hall–Kier alpha value is -1.11. The van der Waals surface area contributed by atoms with Crippen LogP contribution < -0.4 is 0 Å². The first-order chi connectivity index (χ1) is 9.25. The van der Waals surface area contributed by atoms with Gasteiger partial charge in [0, 0.05) is 5.56 Å². The third kappa shape index (κ3) is 5.11. The molecule has 8 heteroatoms. The lowest BCUT2D eigenvalue weighted by atomic mass is 10.1. The van der Waals surface area contributed by atoms with Crippen molar-refractivity contribution >= 4 is 44.8 Å². The minimum atomic E-state index is -3.87. The van der Waals surface area contributed by atoms with E-state index in [1.54, 1.807) is 6.92 Å². The predicted molar refractivity (Wildman–Crippen MR) is 76.1 cm³/mol. The van der Waals surface area contributed by atoms with Crippen LogP contribution in [0.3, 0.4) is 0 Å². The fourth-order valence-electron chi connectivity index (χ4n) is 1.39. The highest BCUT2D eigenvalue weighted by Gasteiger charge is 2.22. The molecule has 0 amide bonds. The van der Waals surface area contributed by atoms with Crippen LogP contribution in [0.5, 0.6) is 0 Å². The molecule has 0 spiro atoms. The van der Waals surface area contributed by atoms with Crippen molar-refractivity contribution in [1.29, 1.82) is 0 Å². The second-order valence-electron chi connectivity index (χ2n) is 3.89. The van der Waals surface area contributed by atoms with E-state index in [4.69, 9.17) is 23.2 Å². The average molecular weight is 339 g/mol. The van der Waals surface area contributed by atoms with E-state index in [9.17, 15) is 18.0 Å². The second kappa shape index (κ2) is 7.06. The number of hydrogen-bond acceptors (Lipinski definition) is 5. The van der Waals surface area contributed by atoms with Crippen molar-refractivity contribution in [2.45, 2.75) is 6.92 Å². The first kappa shape index (κ1) is 16.9. The summed E-state index contributed by atoms with van der Waals surface area (Å²) in [6.07, 6.45) is 0. The molecular weight excluding hydrogens is 327 g/mol. The van der Waals surface area contributed by atoms with Gasteiger partial charge >= 0.3 is 5.97 Å². The van der Waals surface area contributed by atoms with Gasteiger partial charge in [0.05, 0.1) is 16.7 Å². The smallest absolute Gasteiger partial charge is 0.321 e. The molecule has 1 aromatic carbocycles. The SMILES string of the molecule is CCOC(=O)CS(=O)(=O)CC(=O)c1ccc(Cl)c(Cl)c1. The van der Waals surface area contributed by atoms with Crippen molar-refractivity contribution in [2.75, 3.05) is 18.1 Å². The van der Waals surface area contributed by atoms with Crippen LogP contribution >= 0.6 is 23.2 Å². The minimum absolute atomic E-state index is 0.0785. The highest BCUT2D eigenvalue weighted by molar-refractivity contribution is 7.92. The lowest BCUT2D eigenvalue weighted by Crippen LogP contribution is -2.25. The average Bonchev–Trinajstić information content (AvgIpc) is 2.31. The number of Topliss-reactive ketones (excluding diaryl/α,β-unsaturated/α-hetero) is 1. The Balaban J connectivity index is 2.79. The van der Waals surface area contributed by atoms with Gasteiger partial charge in [-0.2, -0.15) is 0 Å². The van der Waals surface area contributed by atoms with E-state index >= 15 is 0 Å². The van der Waals surface area contributed by atoms with Crippen molar-refractivity contribution in [3.63, 3.8) is 0 Å². The molecular formula is C12H12Cl2O5S. The summed E-state index contributed by atoms with van der Waals surface area (Å²) in [6, 6.07) is 4.05. The third-order valence-electron chi connectivity index (χ3n) is 2.24. The van der Waals surface area contributed by atoms with E-state index in [0.717, 1.165) is 0 Å². The number of sulfone groups is 1. The molecule has 0 bridgehead atoms. The quantitative estimate of drug-likeness (QED) is 0.586. The highest BCUT2D eigenvalue weighted by Crippen LogP contribution is 2.23. The summed E-state index contributed by atoms with van der Waals surface area (Å²) in [5, 5.41) is 0.415. The van der Waals surface area contributed by atoms with E-state index in [-0.39, 0.29) is 22.2 Å². The third-order valence-corrected chi connectivity index (χ3v) is 4.35. The molecule has 0 aliphatic heterocycles. The summed E-state index contributed by atoms with van der Waals surface area (Å²) in [5.74, 6) is -3.15. The molecule has 0 fully saturated rings. The topological polar surface area (TPSA) is 77.5 Å². The lowest BCUT2D eigenvalue weighted by molar-refractivity contribution is -0.139. The molecule has 110 valence electrons. The van der Waals surface area contributed by atoms with E-state index in [1.807, 2.05) is 0 Å². The second-order valence-corrected chi connectivity index (χ2v) is 6.77. The van der Waals surface area contributed by atoms with Gasteiger partial charge in [-0.15, -0.1) is 0 Å². The van der Waals surface area contributed by atoms with Gasteiger partial charge in [0.2, 0.25) is 0 Å². The Morgan fingerprint density at radius 2 is 1.80 bits per heavy atom. The first-order valence-corrected chi connectivity index (χ1v) is 8.17. The fourth-order valence-corrected chi connectivity index (χ4v) is 2.79. The minimum Gasteiger partial charge on any atom is -0.465 e. The maximum absolute atomic E-state index is 11.8. The molecule has 0 aliphatic rings. The maximum atomic E-state index is 11.8. The molecule has 0 unspecified atom stereocenters. The number of benzene rings is 1. The Kier molecular flexibility index (Phi) is 5.98. The van der Waals surface area contributed by atoms with Crippen molar-refractivity contribution in [1.82, 2.24) is 0 Å². The summed E-state index contributed by atoms with van der Waals surface area (Å²) in [5.41, 5.74) is 0.117. The standard InChI is InChI=1S/C12H12Cl2O5S/c1-2-19-12(16)7-20(17,18)6-11(15)8-3-4-9(13)10(14)5-8/h3-5H,2,6-7H2,1H3. The van der Waals surface area contributed by atoms with Crippen molar-refractivity contribution in [3.8, 4) is 0 Å². The molecule has 0 aliphatic carbocycles. The summed E-state index contributed by atoms with van der Waals surface area (Å²) in [4.78, 5) is 23.0. The number of hydrogen-bond donors (Lipinski definition) is 0. The monoisotopic (exact) mass is 338 g/mol. The fraction of sp³-hybridized carbons (Fsp3) is 0.333. The number of esters is 1. The summed E-state index contributed by atoms with van der Waals surface area (Å²) in [6.45, 7) is 1.64. The highest BCUT2D eigenvalue weighted by atomic mass is 35.5. The van der Waals surface area contributed by atoms with Gasteiger partial charge in [0.15, 0.2) is 15.6 Å². The van der Waals surface area contributed by atoms with Crippen LogP contribution in [0.15, 0.2) is 18.2 Å². The van der Waals surface area contributed by atoms with Crippen LogP contribution in [0, 0.1) is 0 Å². The molecule has 0 radical (unpaired) electrons. The van der Waals surface area contributed by atoms with Gasteiger partial charge in [-0.25, -0.2) is 8.42 Å². The normalized spacial score (nSPS) is 11.2.